The van der Waals surface area contributed by atoms with Crippen molar-refractivity contribution >= 4 is 39.8 Å². The molecule has 0 unspecified atom stereocenters. The summed E-state index contributed by atoms with van der Waals surface area (Å²) in [6.45, 7) is 9.45. The van der Waals surface area contributed by atoms with Crippen LogP contribution in [0.5, 0.6) is 0 Å². The van der Waals surface area contributed by atoms with Gasteiger partial charge in [0.25, 0.3) is 0 Å². The average molecular weight is 427 g/mol. The topological polar surface area (TPSA) is 114 Å². The second kappa shape index (κ2) is 9.36. The maximum Gasteiger partial charge on any atom is 0.241 e. The monoisotopic (exact) mass is 426 g/mol. The molecule has 2 rings (SSSR count). The van der Waals surface area contributed by atoms with Gasteiger partial charge in [-0.2, -0.15) is 0 Å². The van der Waals surface area contributed by atoms with Crippen LogP contribution in [0.2, 0.25) is 0 Å². The zero-order valence-corrected chi connectivity index (χ0v) is 18.3. The Bertz CT molecular complexity index is 945. The number of amides is 1. The molecule has 0 radical (unpaired) electrons. The number of carbonyl (C=O) groups is 1. The fourth-order valence-corrected chi connectivity index (χ4v) is 4.57. The highest BCUT2D eigenvalue weighted by Crippen LogP contribution is 2.29. The molecule has 1 heterocycles. The van der Waals surface area contributed by atoms with Crippen molar-refractivity contribution in [2.75, 3.05) is 17.6 Å². The Labute approximate surface area is 172 Å². The van der Waals surface area contributed by atoms with E-state index in [2.05, 4.69) is 15.0 Å². The lowest BCUT2D eigenvalue weighted by atomic mass is 9.95. The van der Waals surface area contributed by atoms with E-state index in [0.717, 1.165) is 27.8 Å². The lowest BCUT2D eigenvalue weighted by molar-refractivity contribution is -0.116. The number of nitrogen functional groups attached to an aromatic ring is 1. The van der Waals surface area contributed by atoms with Gasteiger partial charge in [0.2, 0.25) is 15.9 Å². The van der Waals surface area contributed by atoms with Crippen LogP contribution in [0.1, 0.15) is 34.2 Å². The smallest absolute Gasteiger partial charge is 0.241 e. The van der Waals surface area contributed by atoms with Gasteiger partial charge in [-0.15, -0.1) is 12.4 Å². The van der Waals surface area contributed by atoms with Crippen molar-refractivity contribution in [3.8, 4) is 0 Å². The Morgan fingerprint density at radius 3 is 2.04 bits per heavy atom. The summed E-state index contributed by atoms with van der Waals surface area (Å²) >= 11 is 0. The van der Waals surface area contributed by atoms with Crippen molar-refractivity contribution < 1.29 is 13.2 Å². The van der Waals surface area contributed by atoms with Gasteiger partial charge in [-0.3, -0.25) is 4.79 Å². The lowest BCUT2D eigenvalue weighted by Gasteiger charge is -2.19. The molecule has 1 amide bonds. The first kappa shape index (κ1) is 23.9. The average Bonchev–Trinajstić information content (AvgIpc) is 2.60. The van der Waals surface area contributed by atoms with Gasteiger partial charge >= 0.3 is 0 Å². The highest BCUT2D eigenvalue weighted by atomic mass is 35.5. The van der Waals surface area contributed by atoms with Crippen LogP contribution in [0.25, 0.3) is 0 Å². The Kier molecular flexibility index (Phi) is 7.98. The molecule has 0 fully saturated rings. The van der Waals surface area contributed by atoms with Crippen LogP contribution < -0.4 is 15.8 Å². The molecule has 1 aromatic carbocycles. The van der Waals surface area contributed by atoms with Gasteiger partial charge in [0.15, 0.2) is 0 Å². The zero-order chi connectivity index (χ0) is 20.4. The first-order valence-electron chi connectivity index (χ1n) is 8.62. The van der Waals surface area contributed by atoms with E-state index in [1.54, 1.807) is 12.1 Å². The number of halogens is 1. The minimum absolute atomic E-state index is 0. The Morgan fingerprint density at radius 2 is 1.54 bits per heavy atom. The predicted octanol–water partition coefficient (Wildman–Crippen LogP) is 2.93. The number of hydrogen-bond donors (Lipinski definition) is 3. The van der Waals surface area contributed by atoms with Crippen LogP contribution in [-0.4, -0.2) is 25.9 Å². The number of sulfonamides is 1. The number of aromatic nitrogens is 1. The normalized spacial score (nSPS) is 11.0. The van der Waals surface area contributed by atoms with Crippen molar-refractivity contribution in [1.82, 2.24) is 9.71 Å². The number of nitrogens with one attached hydrogen (secondary N) is 2. The van der Waals surface area contributed by atoms with Crippen LogP contribution in [0.4, 0.5) is 11.5 Å². The first-order valence-corrected chi connectivity index (χ1v) is 10.1. The number of nitrogens with zero attached hydrogens (tertiary/aromatic N) is 1. The minimum Gasteiger partial charge on any atom is -0.384 e. The van der Waals surface area contributed by atoms with Gasteiger partial charge in [-0.25, -0.2) is 18.1 Å². The summed E-state index contributed by atoms with van der Waals surface area (Å²) in [7, 11) is -3.72. The van der Waals surface area contributed by atoms with Crippen LogP contribution in [0.3, 0.4) is 0 Å². The molecule has 7 nitrogen and oxygen atoms in total. The summed E-state index contributed by atoms with van der Waals surface area (Å²) in [5.74, 6) is 0.0455. The number of pyridine rings is 1. The van der Waals surface area contributed by atoms with Crippen LogP contribution in [-0.2, 0) is 14.8 Å². The predicted molar refractivity (Wildman–Crippen MR) is 114 cm³/mol. The fraction of sp³-hybridized carbons (Fsp3) is 0.368. The summed E-state index contributed by atoms with van der Waals surface area (Å²) in [6.07, 6.45) is 1.45. The van der Waals surface area contributed by atoms with Gasteiger partial charge in [0.05, 0.1) is 16.8 Å². The number of rotatable bonds is 6. The highest BCUT2D eigenvalue weighted by Gasteiger charge is 2.23. The quantitative estimate of drug-likeness (QED) is 0.657. The molecule has 0 atom stereocenters. The Morgan fingerprint density at radius 1 is 1.00 bits per heavy atom. The van der Waals surface area contributed by atoms with Gasteiger partial charge in [0, 0.05) is 13.0 Å². The van der Waals surface area contributed by atoms with Crippen LogP contribution in [0, 0.1) is 34.6 Å². The molecule has 0 saturated carbocycles. The molecule has 1 aromatic heterocycles. The Hall–Kier alpha value is -2.16. The van der Waals surface area contributed by atoms with Gasteiger partial charge in [-0.1, -0.05) is 0 Å². The standard InChI is InChI=1S/C19H26N4O3S.ClH/c1-11-12(2)14(4)19(15(5)13(11)3)27(25,26)22-9-8-18(24)23-16-6-7-17(20)21-10-16;/h6-7,10,22H,8-9H2,1-5H3,(H2,20,21)(H,23,24);1H. The summed E-state index contributed by atoms with van der Waals surface area (Å²) in [5, 5.41) is 2.65. The molecule has 154 valence electrons. The third-order valence-corrected chi connectivity index (χ3v) is 6.65. The van der Waals surface area contributed by atoms with E-state index in [4.69, 9.17) is 5.73 Å². The SMILES string of the molecule is Cc1c(C)c(C)c(S(=O)(=O)NCCC(=O)Nc2ccc(N)nc2)c(C)c1C.Cl. The lowest BCUT2D eigenvalue weighted by Crippen LogP contribution is -2.29. The third-order valence-electron chi connectivity index (χ3n) is 4.91. The van der Waals surface area contributed by atoms with Crippen molar-refractivity contribution in [3.05, 3.63) is 46.1 Å². The number of carbonyl (C=O) groups excluding carboxylic acids is 1. The van der Waals surface area contributed by atoms with Crippen molar-refractivity contribution in [2.45, 2.75) is 45.9 Å². The molecular weight excluding hydrogens is 400 g/mol. The summed E-state index contributed by atoms with van der Waals surface area (Å²) in [6, 6.07) is 3.21. The van der Waals surface area contributed by atoms with Gasteiger partial charge in [-0.05, 0) is 74.6 Å². The minimum atomic E-state index is -3.72. The first-order chi connectivity index (χ1) is 12.5. The van der Waals surface area contributed by atoms with E-state index in [0.29, 0.717) is 16.4 Å². The maximum atomic E-state index is 12.8. The van der Waals surface area contributed by atoms with E-state index < -0.39 is 10.0 Å². The van der Waals surface area contributed by atoms with Gasteiger partial charge in [0.1, 0.15) is 5.82 Å². The molecule has 0 saturated heterocycles. The highest BCUT2D eigenvalue weighted by molar-refractivity contribution is 7.89. The number of nitrogens with two attached hydrogens (primary N) is 1. The number of benzene rings is 1. The molecule has 0 bridgehead atoms. The molecule has 0 aliphatic rings. The van der Waals surface area contributed by atoms with Crippen molar-refractivity contribution in [3.63, 3.8) is 0 Å². The van der Waals surface area contributed by atoms with Crippen LogP contribution >= 0.6 is 12.4 Å². The Balaban J connectivity index is 0.00000392. The second-order valence-corrected chi connectivity index (χ2v) is 8.33. The zero-order valence-electron chi connectivity index (χ0n) is 16.7. The number of anilines is 2. The van der Waals surface area contributed by atoms with E-state index in [-0.39, 0.29) is 31.3 Å². The number of hydrogen-bond acceptors (Lipinski definition) is 5. The van der Waals surface area contributed by atoms with E-state index in [9.17, 15) is 13.2 Å². The largest absolute Gasteiger partial charge is 0.384 e. The van der Waals surface area contributed by atoms with E-state index >= 15 is 0 Å². The summed E-state index contributed by atoms with van der Waals surface area (Å²) < 4.78 is 28.1. The molecule has 0 aliphatic carbocycles. The third kappa shape index (κ3) is 5.21. The molecule has 4 N–H and O–H groups in total. The van der Waals surface area contributed by atoms with Crippen molar-refractivity contribution in [2.24, 2.45) is 0 Å². The van der Waals surface area contributed by atoms with Gasteiger partial charge < -0.3 is 11.1 Å². The molecule has 28 heavy (non-hydrogen) atoms. The maximum absolute atomic E-state index is 12.8. The molecule has 9 heteroatoms. The fourth-order valence-electron chi connectivity index (χ4n) is 2.94. The molecule has 2 aromatic rings. The van der Waals surface area contributed by atoms with E-state index in [1.807, 2.05) is 34.6 Å². The second-order valence-electron chi connectivity index (χ2n) is 6.62. The molecule has 0 spiro atoms. The van der Waals surface area contributed by atoms with Crippen LogP contribution in [0.15, 0.2) is 23.2 Å². The molecular formula is C19H27ClN4O3S. The van der Waals surface area contributed by atoms with E-state index in [1.165, 1.54) is 6.20 Å². The summed E-state index contributed by atoms with van der Waals surface area (Å²) in [5.41, 5.74) is 10.5. The molecule has 0 aliphatic heterocycles. The van der Waals surface area contributed by atoms with Crippen molar-refractivity contribution in [1.29, 1.82) is 0 Å². The summed E-state index contributed by atoms with van der Waals surface area (Å²) in [4.78, 5) is 16.2.